The molecule has 7 nitrogen and oxygen atoms in total. The van der Waals surface area contributed by atoms with Gasteiger partial charge in [0.1, 0.15) is 5.70 Å². The van der Waals surface area contributed by atoms with E-state index in [0.29, 0.717) is 27.0 Å². The SMILES string of the molecule is CC(Sc1ccc(NC(=O)/C(=C/c2cccc(Cl)c2)NC(=O)c2ccccc2)cc1)C(=O)Nc1nc(-c2ccccc2)cs1. The molecule has 3 N–H and O–H groups in total. The van der Waals surface area contributed by atoms with Gasteiger partial charge in [-0.15, -0.1) is 23.1 Å². The minimum absolute atomic E-state index is 0.0578. The zero-order valence-corrected chi connectivity index (χ0v) is 25.9. The quantitative estimate of drug-likeness (QED) is 0.106. The first-order chi connectivity index (χ1) is 21.3. The van der Waals surface area contributed by atoms with Gasteiger partial charge in [-0.05, 0) is 67.1 Å². The predicted molar refractivity (Wildman–Crippen MR) is 180 cm³/mol. The van der Waals surface area contributed by atoms with Crippen LogP contribution in [0.3, 0.4) is 0 Å². The Balaban J connectivity index is 1.21. The van der Waals surface area contributed by atoms with Crippen LogP contribution in [0.1, 0.15) is 22.8 Å². The number of benzene rings is 4. The van der Waals surface area contributed by atoms with Crippen LogP contribution in [0.25, 0.3) is 17.3 Å². The Labute approximate surface area is 268 Å². The van der Waals surface area contributed by atoms with E-state index in [1.807, 2.05) is 60.8 Å². The molecule has 44 heavy (non-hydrogen) atoms. The Hall–Kier alpha value is -4.70. The lowest BCUT2D eigenvalue weighted by molar-refractivity contribution is -0.115. The zero-order chi connectivity index (χ0) is 30.9. The molecule has 1 atom stereocenters. The van der Waals surface area contributed by atoms with Crippen molar-refractivity contribution in [3.63, 3.8) is 0 Å². The van der Waals surface area contributed by atoms with E-state index in [1.165, 1.54) is 23.1 Å². The highest BCUT2D eigenvalue weighted by Gasteiger charge is 2.18. The Bertz CT molecular complexity index is 1790. The summed E-state index contributed by atoms with van der Waals surface area (Å²) in [5.41, 5.74) is 3.46. The standard InChI is InChI=1S/C34H27ClN4O3S2/c1-22(31(40)39-34-38-30(21-43-34)24-10-4-2-5-11-24)44-28-17-15-27(16-18-28)36-33(42)29(20-23-9-8-14-26(35)19-23)37-32(41)25-12-6-3-7-13-25/h2-22H,1H3,(H,36,42)(H,37,41)(H,38,39,40)/b29-20-. The molecular formula is C34H27ClN4O3S2. The van der Waals surface area contributed by atoms with E-state index in [2.05, 4.69) is 20.9 Å². The molecule has 10 heteroatoms. The van der Waals surface area contributed by atoms with Crippen molar-refractivity contribution in [2.75, 3.05) is 10.6 Å². The number of thiazole rings is 1. The Kier molecular flexibility index (Phi) is 10.2. The van der Waals surface area contributed by atoms with Crippen molar-refractivity contribution in [2.45, 2.75) is 17.1 Å². The molecule has 0 aliphatic heterocycles. The van der Waals surface area contributed by atoms with Gasteiger partial charge >= 0.3 is 0 Å². The molecule has 0 spiro atoms. The average molecular weight is 639 g/mol. The van der Waals surface area contributed by atoms with Crippen LogP contribution < -0.4 is 16.0 Å². The van der Waals surface area contributed by atoms with Crippen LogP contribution >= 0.6 is 34.7 Å². The van der Waals surface area contributed by atoms with Crippen LogP contribution in [0.2, 0.25) is 5.02 Å². The van der Waals surface area contributed by atoms with Crippen molar-refractivity contribution >= 4 is 69.3 Å². The third-order valence-corrected chi connectivity index (χ3v) is 8.39. The number of halogens is 1. The molecule has 1 heterocycles. The van der Waals surface area contributed by atoms with E-state index in [4.69, 9.17) is 11.6 Å². The third kappa shape index (κ3) is 8.44. The number of nitrogens with zero attached hydrogens (tertiary/aromatic N) is 1. The van der Waals surface area contributed by atoms with Gasteiger partial charge in [-0.25, -0.2) is 4.98 Å². The summed E-state index contributed by atoms with van der Waals surface area (Å²) < 4.78 is 0. The Morgan fingerprint density at radius 2 is 1.57 bits per heavy atom. The van der Waals surface area contributed by atoms with E-state index in [0.717, 1.165) is 16.2 Å². The van der Waals surface area contributed by atoms with Crippen LogP contribution in [0.5, 0.6) is 0 Å². The number of aromatic nitrogens is 1. The summed E-state index contributed by atoms with van der Waals surface area (Å²) in [5, 5.41) is 11.0. The molecule has 1 aromatic heterocycles. The molecule has 5 rings (SSSR count). The minimum atomic E-state index is -0.499. The summed E-state index contributed by atoms with van der Waals surface area (Å²) in [5.74, 6) is -1.07. The Morgan fingerprint density at radius 1 is 0.864 bits per heavy atom. The highest BCUT2D eigenvalue weighted by Crippen LogP contribution is 2.28. The minimum Gasteiger partial charge on any atom is -0.321 e. The average Bonchev–Trinajstić information content (AvgIpc) is 3.51. The molecule has 0 bridgehead atoms. The second-order valence-electron chi connectivity index (χ2n) is 9.56. The summed E-state index contributed by atoms with van der Waals surface area (Å²) in [6, 6.07) is 32.5. The fraction of sp³-hybridized carbons (Fsp3) is 0.0588. The predicted octanol–water partition coefficient (Wildman–Crippen LogP) is 7.99. The maximum atomic E-state index is 13.3. The van der Waals surface area contributed by atoms with Crippen molar-refractivity contribution in [2.24, 2.45) is 0 Å². The molecule has 0 radical (unpaired) electrons. The second kappa shape index (κ2) is 14.7. The van der Waals surface area contributed by atoms with Crippen LogP contribution in [0.4, 0.5) is 10.8 Å². The lowest BCUT2D eigenvalue weighted by Crippen LogP contribution is -2.30. The first-order valence-electron chi connectivity index (χ1n) is 13.6. The van der Waals surface area contributed by atoms with Crippen LogP contribution in [0.15, 0.2) is 125 Å². The van der Waals surface area contributed by atoms with Gasteiger partial charge in [0.25, 0.3) is 11.8 Å². The van der Waals surface area contributed by atoms with Crippen molar-refractivity contribution in [3.8, 4) is 11.3 Å². The second-order valence-corrected chi connectivity index (χ2v) is 12.3. The fourth-order valence-corrected chi connectivity index (χ4v) is 5.85. The van der Waals surface area contributed by atoms with Gasteiger partial charge < -0.3 is 16.0 Å². The highest BCUT2D eigenvalue weighted by molar-refractivity contribution is 8.00. The molecule has 4 aromatic carbocycles. The molecule has 0 aliphatic carbocycles. The smallest absolute Gasteiger partial charge is 0.272 e. The number of anilines is 2. The van der Waals surface area contributed by atoms with E-state index >= 15 is 0 Å². The molecule has 220 valence electrons. The summed E-state index contributed by atoms with van der Waals surface area (Å²) >= 11 is 8.90. The Morgan fingerprint density at radius 3 is 2.27 bits per heavy atom. The van der Waals surface area contributed by atoms with Gasteiger partial charge in [0.15, 0.2) is 5.13 Å². The van der Waals surface area contributed by atoms with E-state index in [-0.39, 0.29) is 16.9 Å². The number of hydrogen-bond acceptors (Lipinski definition) is 6. The number of carbonyl (C=O) groups excluding carboxylic acids is 3. The fourth-order valence-electron chi connectivity index (χ4n) is 4.06. The van der Waals surface area contributed by atoms with E-state index < -0.39 is 11.8 Å². The van der Waals surface area contributed by atoms with Gasteiger partial charge in [0, 0.05) is 32.1 Å². The number of amides is 3. The van der Waals surface area contributed by atoms with Crippen LogP contribution in [0, 0.1) is 0 Å². The number of thioether (sulfide) groups is 1. The third-order valence-electron chi connectivity index (χ3n) is 6.29. The van der Waals surface area contributed by atoms with Crippen molar-refractivity contribution < 1.29 is 14.4 Å². The number of nitrogens with one attached hydrogen (secondary N) is 3. The van der Waals surface area contributed by atoms with Gasteiger partial charge in [-0.3, -0.25) is 14.4 Å². The molecule has 3 amide bonds. The maximum Gasteiger partial charge on any atom is 0.272 e. The number of hydrogen-bond donors (Lipinski definition) is 3. The van der Waals surface area contributed by atoms with Crippen molar-refractivity contribution in [3.05, 3.63) is 136 Å². The molecular weight excluding hydrogens is 612 g/mol. The molecule has 0 fully saturated rings. The maximum absolute atomic E-state index is 13.3. The lowest BCUT2D eigenvalue weighted by Gasteiger charge is -2.13. The molecule has 1 unspecified atom stereocenters. The van der Waals surface area contributed by atoms with Crippen molar-refractivity contribution in [1.29, 1.82) is 0 Å². The van der Waals surface area contributed by atoms with Gasteiger partial charge in [0.05, 0.1) is 10.9 Å². The molecule has 0 aliphatic rings. The van der Waals surface area contributed by atoms with E-state index in [1.54, 1.807) is 66.7 Å². The summed E-state index contributed by atoms with van der Waals surface area (Å²) in [6.45, 7) is 1.82. The molecule has 5 aromatic rings. The number of carbonyl (C=O) groups is 3. The molecule has 0 saturated carbocycles. The van der Waals surface area contributed by atoms with Gasteiger partial charge in [-0.2, -0.15) is 0 Å². The monoisotopic (exact) mass is 638 g/mol. The zero-order valence-electron chi connectivity index (χ0n) is 23.5. The van der Waals surface area contributed by atoms with Gasteiger partial charge in [0.2, 0.25) is 5.91 Å². The van der Waals surface area contributed by atoms with Gasteiger partial charge in [-0.1, -0.05) is 72.3 Å². The summed E-state index contributed by atoms with van der Waals surface area (Å²) in [6.07, 6.45) is 1.57. The highest BCUT2D eigenvalue weighted by atomic mass is 35.5. The van der Waals surface area contributed by atoms with Crippen LogP contribution in [-0.2, 0) is 9.59 Å². The summed E-state index contributed by atoms with van der Waals surface area (Å²) in [4.78, 5) is 44.4. The summed E-state index contributed by atoms with van der Waals surface area (Å²) in [7, 11) is 0. The lowest BCUT2D eigenvalue weighted by atomic mass is 10.1. The normalized spacial score (nSPS) is 11.8. The topological polar surface area (TPSA) is 100 Å². The molecule has 0 saturated heterocycles. The van der Waals surface area contributed by atoms with Crippen molar-refractivity contribution in [1.82, 2.24) is 10.3 Å². The first kappa shape index (κ1) is 30.7. The van der Waals surface area contributed by atoms with Crippen LogP contribution in [-0.4, -0.2) is 28.0 Å². The largest absolute Gasteiger partial charge is 0.321 e. The van der Waals surface area contributed by atoms with E-state index in [9.17, 15) is 14.4 Å². The first-order valence-corrected chi connectivity index (χ1v) is 15.7. The number of rotatable bonds is 10.